The molecule has 0 aliphatic rings. The predicted molar refractivity (Wildman–Crippen MR) is 179 cm³/mol. The summed E-state index contributed by atoms with van der Waals surface area (Å²) in [5.41, 5.74) is 3.16. The van der Waals surface area contributed by atoms with Crippen LogP contribution in [0.15, 0.2) is 149 Å². The molecule has 0 aliphatic carbocycles. The van der Waals surface area contributed by atoms with E-state index in [-0.39, 0.29) is 11.6 Å². The number of anilines is 2. The van der Waals surface area contributed by atoms with Crippen LogP contribution in [0.4, 0.5) is 11.4 Å². The molecule has 218 valence electrons. The minimum atomic E-state index is -0.558. The van der Waals surface area contributed by atoms with Gasteiger partial charge in [0.2, 0.25) is 5.91 Å². The number of carbonyl (C=O) groups is 3. The second-order valence-electron chi connectivity index (χ2n) is 9.55. The molecule has 1 atom stereocenters. The van der Waals surface area contributed by atoms with Crippen molar-refractivity contribution >= 4 is 62.9 Å². The van der Waals surface area contributed by atoms with E-state index in [1.165, 1.54) is 11.8 Å². The largest absolute Gasteiger partial charge is 0.325 e. The minimum Gasteiger partial charge on any atom is -0.325 e. The zero-order valence-electron chi connectivity index (χ0n) is 23.3. The van der Waals surface area contributed by atoms with Crippen LogP contribution in [0.1, 0.15) is 26.7 Å². The van der Waals surface area contributed by atoms with E-state index < -0.39 is 17.1 Å². The van der Waals surface area contributed by atoms with Crippen LogP contribution < -0.4 is 16.0 Å². The first-order valence-corrected chi connectivity index (χ1v) is 15.3. The molecule has 1 heterocycles. The van der Waals surface area contributed by atoms with Crippen molar-refractivity contribution < 1.29 is 14.4 Å². The second kappa shape index (κ2) is 15.0. The molecule has 44 heavy (non-hydrogen) atoms. The fourth-order valence-electron chi connectivity index (χ4n) is 4.19. The van der Waals surface area contributed by atoms with E-state index in [0.29, 0.717) is 22.5 Å². The first-order chi connectivity index (χ1) is 21.4. The molecule has 0 saturated carbocycles. The molecular weight excluding hydrogens is 636 g/mol. The summed E-state index contributed by atoms with van der Waals surface area (Å²) < 4.78 is 0.918. The van der Waals surface area contributed by atoms with Crippen LogP contribution in [0, 0.1) is 0 Å². The Hall–Kier alpha value is -4.99. The molecule has 3 amide bonds. The Morgan fingerprint density at radius 2 is 1.48 bits per heavy atom. The molecule has 4 aromatic carbocycles. The Bertz CT molecular complexity index is 1770. The summed E-state index contributed by atoms with van der Waals surface area (Å²) >= 11 is 4.79. The smallest absolute Gasteiger partial charge is 0.272 e. The molecule has 3 N–H and O–H groups in total. The van der Waals surface area contributed by atoms with E-state index in [1.807, 2.05) is 66.7 Å². The van der Waals surface area contributed by atoms with E-state index in [2.05, 4.69) is 36.9 Å². The third-order valence-electron chi connectivity index (χ3n) is 6.32. The monoisotopic (exact) mass is 662 g/mol. The van der Waals surface area contributed by atoms with Crippen LogP contribution in [-0.2, 0) is 9.59 Å². The average Bonchev–Trinajstić information content (AvgIpc) is 3.06. The molecule has 1 unspecified atom stereocenters. The molecule has 0 fully saturated rings. The van der Waals surface area contributed by atoms with Crippen LogP contribution in [0.2, 0.25) is 0 Å². The highest BCUT2D eigenvalue weighted by molar-refractivity contribution is 9.10. The first kappa shape index (κ1) is 30.5. The number of amides is 3. The molecule has 0 saturated heterocycles. The van der Waals surface area contributed by atoms with Crippen molar-refractivity contribution in [2.24, 2.45) is 0 Å². The lowest BCUT2D eigenvalue weighted by atomic mass is 10.1. The van der Waals surface area contributed by atoms with Gasteiger partial charge in [-0.15, -0.1) is 11.8 Å². The third kappa shape index (κ3) is 8.53. The summed E-state index contributed by atoms with van der Waals surface area (Å²) in [6.45, 7) is 0. The number of carbonyl (C=O) groups excluding carboxylic acids is 3. The molecular formula is C35H27BrN4O3S. The van der Waals surface area contributed by atoms with Gasteiger partial charge in [-0.05, 0) is 77.9 Å². The van der Waals surface area contributed by atoms with E-state index in [4.69, 9.17) is 0 Å². The molecule has 0 bridgehead atoms. The van der Waals surface area contributed by atoms with Gasteiger partial charge in [0.05, 0.1) is 0 Å². The van der Waals surface area contributed by atoms with Gasteiger partial charge in [-0.3, -0.25) is 19.4 Å². The highest BCUT2D eigenvalue weighted by atomic mass is 79.9. The Balaban J connectivity index is 1.36. The highest BCUT2D eigenvalue weighted by Gasteiger charge is 2.23. The summed E-state index contributed by atoms with van der Waals surface area (Å²) in [4.78, 5) is 44.8. The first-order valence-electron chi connectivity index (χ1n) is 13.6. The lowest BCUT2D eigenvalue weighted by Gasteiger charge is -2.18. The van der Waals surface area contributed by atoms with E-state index in [9.17, 15) is 14.4 Å². The SMILES string of the molecule is O=C(Nc1cccc(SC(C(=O)Nc2ccc(Br)cc2)c2ccccc2)c1)/C(=C/c1cccnc1)NC(=O)c1ccccc1. The van der Waals surface area contributed by atoms with Crippen molar-refractivity contribution in [3.8, 4) is 0 Å². The maximum Gasteiger partial charge on any atom is 0.272 e. The average molecular weight is 664 g/mol. The molecule has 0 radical (unpaired) electrons. The standard InChI is InChI=1S/C35H27BrN4O3S/c36-27-16-18-28(19-17-27)38-35(43)32(25-10-3-1-4-11-25)44-30-15-7-14-29(22-30)39-34(42)31(21-24-9-8-20-37-23-24)40-33(41)26-12-5-2-6-13-26/h1-23,32H,(H,38,43)(H,39,42)(H,40,41)/b31-21-. The van der Waals surface area contributed by atoms with Crippen molar-refractivity contribution in [2.45, 2.75) is 10.1 Å². The zero-order chi connectivity index (χ0) is 30.7. The van der Waals surface area contributed by atoms with Crippen molar-refractivity contribution in [3.63, 3.8) is 0 Å². The number of benzene rings is 4. The topological polar surface area (TPSA) is 100 Å². The van der Waals surface area contributed by atoms with Gasteiger partial charge in [-0.1, -0.05) is 76.6 Å². The van der Waals surface area contributed by atoms with E-state index in [1.54, 1.807) is 73.1 Å². The van der Waals surface area contributed by atoms with E-state index in [0.717, 1.165) is 14.9 Å². The van der Waals surface area contributed by atoms with Crippen LogP contribution in [0.5, 0.6) is 0 Å². The van der Waals surface area contributed by atoms with Gasteiger partial charge in [0.25, 0.3) is 11.8 Å². The molecule has 5 aromatic rings. The molecule has 9 heteroatoms. The number of hydrogen-bond donors (Lipinski definition) is 3. The Labute approximate surface area is 268 Å². The maximum absolute atomic E-state index is 13.5. The number of halogens is 1. The van der Waals surface area contributed by atoms with Gasteiger partial charge in [0.1, 0.15) is 10.9 Å². The lowest BCUT2D eigenvalue weighted by Crippen LogP contribution is -2.30. The van der Waals surface area contributed by atoms with Gasteiger partial charge in [0.15, 0.2) is 0 Å². The summed E-state index contributed by atoms with van der Waals surface area (Å²) in [6, 6.07) is 36.4. The number of nitrogens with zero attached hydrogens (tertiary/aromatic N) is 1. The molecule has 7 nitrogen and oxygen atoms in total. The van der Waals surface area contributed by atoms with Crippen molar-refractivity contribution in [1.29, 1.82) is 0 Å². The summed E-state index contributed by atoms with van der Waals surface area (Å²) in [7, 11) is 0. The fourth-order valence-corrected chi connectivity index (χ4v) is 5.54. The Morgan fingerprint density at radius 1 is 0.750 bits per heavy atom. The van der Waals surface area contributed by atoms with Gasteiger partial charge >= 0.3 is 0 Å². The van der Waals surface area contributed by atoms with Crippen LogP contribution in [-0.4, -0.2) is 22.7 Å². The summed E-state index contributed by atoms with van der Waals surface area (Å²) in [6.07, 6.45) is 4.80. The Kier molecular flexibility index (Phi) is 10.4. The maximum atomic E-state index is 13.5. The van der Waals surface area contributed by atoms with Crippen LogP contribution in [0.25, 0.3) is 6.08 Å². The number of pyridine rings is 1. The minimum absolute atomic E-state index is 0.0564. The second-order valence-corrected chi connectivity index (χ2v) is 11.6. The molecule has 0 aliphatic heterocycles. The van der Waals surface area contributed by atoms with Crippen LogP contribution >= 0.6 is 27.7 Å². The number of rotatable bonds is 10. The van der Waals surface area contributed by atoms with Gasteiger partial charge in [-0.2, -0.15) is 0 Å². The van der Waals surface area contributed by atoms with E-state index >= 15 is 0 Å². The molecule has 5 rings (SSSR count). The van der Waals surface area contributed by atoms with Gasteiger partial charge in [0, 0.05) is 38.7 Å². The van der Waals surface area contributed by atoms with Crippen molar-refractivity contribution in [1.82, 2.24) is 10.3 Å². The normalized spacial score (nSPS) is 11.7. The van der Waals surface area contributed by atoms with Gasteiger partial charge < -0.3 is 16.0 Å². The predicted octanol–water partition coefficient (Wildman–Crippen LogP) is 7.73. The van der Waals surface area contributed by atoms with Crippen LogP contribution in [0.3, 0.4) is 0 Å². The number of hydrogen-bond acceptors (Lipinski definition) is 5. The number of nitrogens with one attached hydrogen (secondary N) is 3. The lowest BCUT2D eigenvalue weighted by molar-refractivity contribution is -0.116. The fraction of sp³-hybridized carbons (Fsp3) is 0.0286. The third-order valence-corrected chi connectivity index (χ3v) is 8.10. The quantitative estimate of drug-likeness (QED) is 0.105. The molecule has 0 spiro atoms. The van der Waals surface area contributed by atoms with Crippen molar-refractivity contribution in [2.75, 3.05) is 10.6 Å². The van der Waals surface area contributed by atoms with Gasteiger partial charge in [-0.25, -0.2) is 0 Å². The summed E-state index contributed by atoms with van der Waals surface area (Å²) in [5, 5.41) is 8.06. The molecule has 1 aromatic heterocycles. The summed E-state index contributed by atoms with van der Waals surface area (Å²) in [5.74, 6) is -1.10. The number of thioether (sulfide) groups is 1. The van der Waals surface area contributed by atoms with Crippen molar-refractivity contribution in [3.05, 3.63) is 161 Å². The highest BCUT2D eigenvalue weighted by Crippen LogP contribution is 2.37. The number of aromatic nitrogens is 1. The Morgan fingerprint density at radius 3 is 2.18 bits per heavy atom. The zero-order valence-corrected chi connectivity index (χ0v) is 25.7.